The van der Waals surface area contributed by atoms with Crippen molar-refractivity contribution in [1.82, 2.24) is 0 Å². The van der Waals surface area contributed by atoms with Crippen LogP contribution >= 0.6 is 11.6 Å². The van der Waals surface area contributed by atoms with Crippen LogP contribution in [0.5, 0.6) is 0 Å². The topological polar surface area (TPSA) is 107 Å². The maximum absolute atomic E-state index is 12.5. The minimum atomic E-state index is -0.667. The predicted molar refractivity (Wildman–Crippen MR) is 126 cm³/mol. The van der Waals surface area contributed by atoms with Crippen LogP contribution in [-0.2, 0) is 14.3 Å². The molecule has 0 radical (unpaired) electrons. The van der Waals surface area contributed by atoms with Crippen molar-refractivity contribution in [1.29, 1.82) is 0 Å². The molecule has 1 atom stereocenters. The minimum Gasteiger partial charge on any atom is -0.457 e. The van der Waals surface area contributed by atoms with Gasteiger partial charge in [0.15, 0.2) is 12.4 Å². The number of non-ortho nitro benzene ring substituents is 1. The van der Waals surface area contributed by atoms with Crippen molar-refractivity contribution < 1.29 is 24.0 Å². The largest absolute Gasteiger partial charge is 0.457 e. The van der Waals surface area contributed by atoms with Crippen molar-refractivity contribution in [3.05, 3.63) is 93.5 Å². The number of amides is 1. The van der Waals surface area contributed by atoms with Gasteiger partial charge in [0.1, 0.15) is 0 Å². The lowest BCUT2D eigenvalue weighted by atomic mass is 10.0. The average molecular weight is 479 g/mol. The van der Waals surface area contributed by atoms with Gasteiger partial charge in [0, 0.05) is 41.4 Å². The summed E-state index contributed by atoms with van der Waals surface area (Å²) in [5.74, 6) is -1.83. The number of carbonyl (C=O) groups is 3. The van der Waals surface area contributed by atoms with Crippen molar-refractivity contribution in [2.45, 2.75) is 6.42 Å². The van der Waals surface area contributed by atoms with Gasteiger partial charge in [-0.1, -0.05) is 23.7 Å². The number of ketones is 1. The van der Waals surface area contributed by atoms with E-state index in [-0.39, 0.29) is 30.3 Å². The second kappa shape index (κ2) is 9.84. The molecule has 0 aromatic heterocycles. The Labute approximate surface area is 199 Å². The van der Waals surface area contributed by atoms with Crippen molar-refractivity contribution in [2.24, 2.45) is 5.92 Å². The lowest BCUT2D eigenvalue weighted by molar-refractivity contribution is -0.384. The van der Waals surface area contributed by atoms with E-state index in [1.165, 1.54) is 17.0 Å². The Balaban J connectivity index is 1.36. The quantitative estimate of drug-likeness (QED) is 0.211. The van der Waals surface area contributed by atoms with E-state index in [0.29, 0.717) is 16.3 Å². The van der Waals surface area contributed by atoms with Gasteiger partial charge < -0.3 is 9.64 Å². The van der Waals surface area contributed by atoms with Gasteiger partial charge in [0.05, 0.1) is 10.8 Å². The SMILES string of the molecule is O=C(COC(=O)[C@@H]1CC(=O)N(c2ccc(-c3ccc([N+](=O)[O-])cc3)cc2)C1)c1ccc(Cl)cc1. The lowest BCUT2D eigenvalue weighted by Crippen LogP contribution is -2.27. The van der Waals surface area contributed by atoms with Gasteiger partial charge in [0.25, 0.3) is 5.69 Å². The highest BCUT2D eigenvalue weighted by atomic mass is 35.5. The second-order valence-electron chi connectivity index (χ2n) is 7.79. The number of hydrogen-bond acceptors (Lipinski definition) is 6. The highest BCUT2D eigenvalue weighted by Crippen LogP contribution is 2.29. The van der Waals surface area contributed by atoms with Gasteiger partial charge in [-0.3, -0.25) is 24.5 Å². The summed E-state index contributed by atoms with van der Waals surface area (Å²) in [7, 11) is 0. The number of carbonyl (C=O) groups excluding carboxylic acids is 3. The number of ether oxygens (including phenoxy) is 1. The van der Waals surface area contributed by atoms with E-state index >= 15 is 0 Å². The van der Waals surface area contributed by atoms with Crippen LogP contribution in [0.4, 0.5) is 11.4 Å². The van der Waals surface area contributed by atoms with Crippen LogP contribution in [-0.4, -0.2) is 35.7 Å². The highest BCUT2D eigenvalue weighted by molar-refractivity contribution is 6.30. The molecule has 0 unspecified atom stereocenters. The number of hydrogen-bond donors (Lipinski definition) is 0. The summed E-state index contributed by atoms with van der Waals surface area (Å²) in [6, 6.07) is 19.6. The van der Waals surface area contributed by atoms with Crippen LogP contribution in [0.15, 0.2) is 72.8 Å². The Hall–Kier alpha value is -4.04. The Morgan fingerprint density at radius 1 is 0.971 bits per heavy atom. The van der Waals surface area contributed by atoms with E-state index in [0.717, 1.165) is 11.1 Å². The van der Waals surface area contributed by atoms with E-state index in [2.05, 4.69) is 0 Å². The second-order valence-corrected chi connectivity index (χ2v) is 8.23. The van der Waals surface area contributed by atoms with E-state index in [9.17, 15) is 24.5 Å². The Bertz CT molecular complexity index is 1240. The standard InChI is InChI=1S/C25H19ClN2O6/c26-20-7-1-18(2-8-20)23(29)15-34-25(31)19-13-24(30)27(14-19)21-9-3-16(4-10-21)17-5-11-22(12-6-17)28(32)33/h1-12,19H,13-15H2/t19-/m1/s1. The zero-order chi connectivity index (χ0) is 24.2. The molecule has 0 saturated carbocycles. The monoisotopic (exact) mass is 478 g/mol. The maximum Gasteiger partial charge on any atom is 0.311 e. The number of nitrogens with zero attached hydrogens (tertiary/aromatic N) is 2. The molecule has 4 rings (SSSR count). The smallest absolute Gasteiger partial charge is 0.311 e. The van der Waals surface area contributed by atoms with Crippen molar-refractivity contribution in [2.75, 3.05) is 18.1 Å². The molecule has 8 nitrogen and oxygen atoms in total. The van der Waals surface area contributed by atoms with Crippen LogP contribution in [0, 0.1) is 16.0 Å². The first-order valence-corrected chi connectivity index (χ1v) is 10.8. The van der Waals surface area contributed by atoms with E-state index in [1.54, 1.807) is 60.7 Å². The predicted octanol–water partition coefficient (Wildman–Crippen LogP) is 4.69. The Morgan fingerprint density at radius 2 is 1.56 bits per heavy atom. The molecule has 3 aromatic rings. The first-order chi connectivity index (χ1) is 16.3. The fourth-order valence-electron chi connectivity index (χ4n) is 3.70. The molecular weight excluding hydrogens is 460 g/mol. The summed E-state index contributed by atoms with van der Waals surface area (Å²) >= 11 is 5.81. The van der Waals surface area contributed by atoms with Gasteiger partial charge in [-0.25, -0.2) is 0 Å². The molecule has 0 N–H and O–H groups in total. The number of nitro benzene ring substituents is 1. The zero-order valence-corrected chi connectivity index (χ0v) is 18.6. The van der Waals surface area contributed by atoms with Crippen molar-refractivity contribution in [3.63, 3.8) is 0 Å². The molecule has 1 heterocycles. The average Bonchev–Trinajstić information content (AvgIpc) is 3.24. The number of nitro groups is 1. The minimum absolute atomic E-state index is 0.00191. The van der Waals surface area contributed by atoms with E-state index in [1.807, 2.05) is 0 Å². The Kier molecular flexibility index (Phi) is 6.70. The van der Waals surface area contributed by atoms with Crippen molar-refractivity contribution >= 4 is 40.6 Å². The summed E-state index contributed by atoms with van der Waals surface area (Å²) < 4.78 is 5.16. The first-order valence-electron chi connectivity index (χ1n) is 10.4. The van der Waals surface area contributed by atoms with Crippen LogP contribution in [0.2, 0.25) is 5.02 Å². The number of Topliss-reactive ketones (excluding diaryl/α,β-unsaturated/α-hetero) is 1. The maximum atomic E-state index is 12.5. The molecular formula is C25H19ClN2O6. The van der Waals surface area contributed by atoms with E-state index < -0.39 is 23.4 Å². The first kappa shape index (κ1) is 23.1. The number of anilines is 1. The van der Waals surface area contributed by atoms with Gasteiger partial charge >= 0.3 is 5.97 Å². The molecule has 0 aliphatic carbocycles. The van der Waals surface area contributed by atoms with Gasteiger partial charge in [-0.15, -0.1) is 0 Å². The third-order valence-corrected chi connectivity index (χ3v) is 5.81. The van der Waals surface area contributed by atoms with Crippen LogP contribution < -0.4 is 4.90 Å². The third kappa shape index (κ3) is 5.13. The zero-order valence-electron chi connectivity index (χ0n) is 17.8. The summed E-state index contributed by atoms with van der Waals surface area (Å²) in [6.07, 6.45) is -0.00191. The Morgan fingerprint density at radius 3 is 2.15 bits per heavy atom. The van der Waals surface area contributed by atoms with E-state index in [4.69, 9.17) is 16.3 Å². The molecule has 9 heteroatoms. The van der Waals surface area contributed by atoms with Crippen LogP contribution in [0.25, 0.3) is 11.1 Å². The van der Waals surface area contributed by atoms with Gasteiger partial charge in [0.2, 0.25) is 5.91 Å². The number of esters is 1. The van der Waals surface area contributed by atoms with Crippen molar-refractivity contribution in [3.8, 4) is 11.1 Å². The molecule has 1 saturated heterocycles. The van der Waals surface area contributed by atoms with Crippen LogP contribution in [0.3, 0.4) is 0 Å². The summed E-state index contributed by atoms with van der Waals surface area (Å²) in [5.41, 5.74) is 2.66. The molecule has 0 spiro atoms. The molecule has 3 aromatic carbocycles. The van der Waals surface area contributed by atoms with Gasteiger partial charge in [-0.05, 0) is 59.7 Å². The third-order valence-electron chi connectivity index (χ3n) is 5.56. The fraction of sp³-hybridized carbons (Fsp3) is 0.160. The van der Waals surface area contributed by atoms with Crippen LogP contribution in [0.1, 0.15) is 16.8 Å². The molecule has 172 valence electrons. The summed E-state index contributed by atoms with van der Waals surface area (Å²) in [4.78, 5) is 49.0. The molecule has 34 heavy (non-hydrogen) atoms. The number of rotatable bonds is 7. The molecule has 0 bridgehead atoms. The molecule has 1 amide bonds. The molecule has 1 aliphatic rings. The molecule has 1 aliphatic heterocycles. The van der Waals surface area contributed by atoms with Gasteiger partial charge in [-0.2, -0.15) is 0 Å². The number of halogens is 1. The normalized spacial score (nSPS) is 15.3. The summed E-state index contributed by atoms with van der Waals surface area (Å²) in [6.45, 7) is -0.251. The lowest BCUT2D eigenvalue weighted by Gasteiger charge is -2.17. The fourth-order valence-corrected chi connectivity index (χ4v) is 3.82. The number of benzene rings is 3. The summed E-state index contributed by atoms with van der Waals surface area (Å²) in [5, 5.41) is 11.3. The highest BCUT2D eigenvalue weighted by Gasteiger charge is 2.36. The molecule has 1 fully saturated rings.